The van der Waals surface area contributed by atoms with Crippen molar-refractivity contribution in [3.05, 3.63) is 46.3 Å². The zero-order valence-corrected chi connectivity index (χ0v) is 10.7. The molecule has 0 bridgehead atoms. The molecule has 0 unspecified atom stereocenters. The molecule has 5 heteroatoms. The average Bonchev–Trinajstić information content (AvgIpc) is 2.76. The van der Waals surface area contributed by atoms with E-state index in [9.17, 15) is 4.79 Å². The van der Waals surface area contributed by atoms with Gasteiger partial charge in [-0.05, 0) is 46.6 Å². The quantitative estimate of drug-likeness (QED) is 0.836. The number of nitrogens with one attached hydrogen (secondary N) is 1. The van der Waals surface area contributed by atoms with E-state index in [0.717, 1.165) is 10.0 Å². The number of nitrogen functional groups attached to an aromatic ring is 1. The van der Waals surface area contributed by atoms with Crippen LogP contribution in [0.4, 0.5) is 11.4 Å². The molecule has 0 atom stereocenters. The number of rotatable bonds is 2. The molecule has 1 amide bonds. The fourth-order valence-corrected chi connectivity index (χ4v) is 2.17. The second-order valence-electron chi connectivity index (χ2n) is 3.68. The molecule has 4 nitrogen and oxygen atoms in total. The molecular formula is C12H11BrN2O2. The highest BCUT2D eigenvalue weighted by Crippen LogP contribution is 2.30. The van der Waals surface area contributed by atoms with Gasteiger partial charge in [0.1, 0.15) is 6.26 Å². The van der Waals surface area contributed by atoms with Gasteiger partial charge in [0.2, 0.25) is 0 Å². The largest absolute Gasteiger partial charge is 0.472 e. The summed E-state index contributed by atoms with van der Waals surface area (Å²) in [5.41, 5.74) is 8.43. The summed E-state index contributed by atoms with van der Waals surface area (Å²) in [7, 11) is 0. The molecule has 1 aromatic heterocycles. The monoisotopic (exact) mass is 294 g/mol. The smallest absolute Gasteiger partial charge is 0.259 e. The Balaban J connectivity index is 2.28. The van der Waals surface area contributed by atoms with E-state index in [4.69, 9.17) is 10.2 Å². The molecule has 0 aliphatic heterocycles. The van der Waals surface area contributed by atoms with Crippen molar-refractivity contribution >= 4 is 33.2 Å². The van der Waals surface area contributed by atoms with Crippen molar-refractivity contribution in [1.29, 1.82) is 0 Å². The van der Waals surface area contributed by atoms with Crippen molar-refractivity contribution in [2.24, 2.45) is 0 Å². The van der Waals surface area contributed by atoms with Crippen LogP contribution in [0.5, 0.6) is 0 Å². The predicted octanol–water partition coefficient (Wildman–Crippen LogP) is 3.19. The molecule has 1 aromatic carbocycles. The third-order valence-corrected chi connectivity index (χ3v) is 2.91. The van der Waals surface area contributed by atoms with E-state index in [-0.39, 0.29) is 5.91 Å². The number of nitrogens with two attached hydrogens (primary N) is 1. The van der Waals surface area contributed by atoms with E-state index >= 15 is 0 Å². The minimum Gasteiger partial charge on any atom is -0.472 e. The summed E-state index contributed by atoms with van der Waals surface area (Å²) in [6, 6.07) is 5.28. The summed E-state index contributed by atoms with van der Waals surface area (Å²) < 4.78 is 5.61. The molecule has 0 spiro atoms. The zero-order chi connectivity index (χ0) is 12.4. The number of anilines is 2. The summed E-state index contributed by atoms with van der Waals surface area (Å²) in [6.07, 6.45) is 2.83. The van der Waals surface area contributed by atoms with Crippen LogP contribution >= 0.6 is 15.9 Å². The molecule has 3 N–H and O–H groups in total. The maximum atomic E-state index is 11.8. The van der Waals surface area contributed by atoms with Crippen LogP contribution in [0.3, 0.4) is 0 Å². The van der Waals surface area contributed by atoms with Crippen LogP contribution in [-0.4, -0.2) is 5.91 Å². The number of hydrogen-bond donors (Lipinski definition) is 2. The number of halogens is 1. The molecule has 1 heterocycles. The summed E-state index contributed by atoms with van der Waals surface area (Å²) in [6.45, 7) is 1.93. The number of hydrogen-bond acceptors (Lipinski definition) is 3. The van der Waals surface area contributed by atoms with E-state index in [1.165, 1.54) is 12.5 Å². The standard InChI is InChI=1S/C12H11BrN2O2/c1-7-4-9(13)11(10(14)5-7)15-12(16)8-2-3-17-6-8/h2-6H,14H2,1H3,(H,15,16). The normalized spacial score (nSPS) is 10.2. The Labute approximate surface area is 107 Å². The van der Waals surface area contributed by atoms with Crippen molar-refractivity contribution in [2.75, 3.05) is 11.1 Å². The molecule has 17 heavy (non-hydrogen) atoms. The van der Waals surface area contributed by atoms with Gasteiger partial charge in [0.05, 0.1) is 23.2 Å². The number of carbonyl (C=O) groups excluding carboxylic acids is 1. The SMILES string of the molecule is Cc1cc(N)c(NC(=O)c2ccoc2)c(Br)c1. The van der Waals surface area contributed by atoms with Crippen LogP contribution in [0, 0.1) is 6.92 Å². The number of benzene rings is 1. The Hall–Kier alpha value is -1.75. The average molecular weight is 295 g/mol. The summed E-state index contributed by atoms with van der Waals surface area (Å²) in [5.74, 6) is -0.255. The minimum atomic E-state index is -0.255. The number of aryl methyl sites for hydroxylation is 1. The molecular weight excluding hydrogens is 284 g/mol. The lowest BCUT2D eigenvalue weighted by molar-refractivity contribution is 0.102. The molecule has 88 valence electrons. The van der Waals surface area contributed by atoms with E-state index < -0.39 is 0 Å². The van der Waals surface area contributed by atoms with E-state index in [0.29, 0.717) is 16.9 Å². The summed E-state index contributed by atoms with van der Waals surface area (Å²) in [4.78, 5) is 11.8. The van der Waals surface area contributed by atoms with Gasteiger partial charge >= 0.3 is 0 Å². The predicted molar refractivity (Wildman–Crippen MR) is 70.0 cm³/mol. The van der Waals surface area contributed by atoms with Gasteiger partial charge in [0.15, 0.2) is 0 Å². The highest BCUT2D eigenvalue weighted by Gasteiger charge is 2.12. The second kappa shape index (κ2) is 4.63. The van der Waals surface area contributed by atoms with Gasteiger partial charge in [0.25, 0.3) is 5.91 Å². The number of amides is 1. The van der Waals surface area contributed by atoms with Gasteiger partial charge in [-0.2, -0.15) is 0 Å². The lowest BCUT2D eigenvalue weighted by atomic mass is 10.2. The maximum absolute atomic E-state index is 11.8. The van der Waals surface area contributed by atoms with Crippen molar-refractivity contribution in [3.63, 3.8) is 0 Å². The molecule has 0 saturated heterocycles. The topological polar surface area (TPSA) is 68.3 Å². The van der Waals surface area contributed by atoms with Crippen LogP contribution in [-0.2, 0) is 0 Å². The van der Waals surface area contributed by atoms with E-state index in [1.54, 1.807) is 12.1 Å². The fraction of sp³-hybridized carbons (Fsp3) is 0.0833. The van der Waals surface area contributed by atoms with Gasteiger partial charge in [-0.3, -0.25) is 4.79 Å². The lowest BCUT2D eigenvalue weighted by Crippen LogP contribution is -2.13. The molecule has 2 aromatic rings. The fourth-order valence-electron chi connectivity index (χ4n) is 1.48. The Bertz CT molecular complexity index is 527. The highest BCUT2D eigenvalue weighted by molar-refractivity contribution is 9.10. The highest BCUT2D eigenvalue weighted by atomic mass is 79.9. The van der Waals surface area contributed by atoms with Gasteiger partial charge in [-0.25, -0.2) is 0 Å². The molecule has 0 aliphatic rings. The maximum Gasteiger partial charge on any atom is 0.259 e. The van der Waals surface area contributed by atoms with Crippen molar-refractivity contribution in [3.8, 4) is 0 Å². The van der Waals surface area contributed by atoms with Crippen molar-refractivity contribution in [2.45, 2.75) is 6.92 Å². The van der Waals surface area contributed by atoms with Crippen LogP contribution < -0.4 is 11.1 Å². The van der Waals surface area contributed by atoms with Gasteiger partial charge in [-0.1, -0.05) is 0 Å². The molecule has 0 fully saturated rings. The third-order valence-electron chi connectivity index (χ3n) is 2.29. The Morgan fingerprint density at radius 3 is 2.82 bits per heavy atom. The number of carbonyl (C=O) groups is 1. The molecule has 0 aliphatic carbocycles. The van der Waals surface area contributed by atoms with Crippen molar-refractivity contribution in [1.82, 2.24) is 0 Å². The Morgan fingerprint density at radius 2 is 2.24 bits per heavy atom. The molecule has 0 saturated carbocycles. The van der Waals surface area contributed by atoms with Gasteiger partial charge < -0.3 is 15.5 Å². The minimum absolute atomic E-state index is 0.255. The van der Waals surface area contributed by atoms with Gasteiger partial charge in [0, 0.05) is 4.47 Å². The third kappa shape index (κ3) is 2.50. The van der Waals surface area contributed by atoms with Crippen LogP contribution in [0.15, 0.2) is 39.6 Å². The molecule has 0 radical (unpaired) electrons. The second-order valence-corrected chi connectivity index (χ2v) is 4.53. The van der Waals surface area contributed by atoms with Gasteiger partial charge in [-0.15, -0.1) is 0 Å². The zero-order valence-electron chi connectivity index (χ0n) is 9.16. The Kier molecular flexibility index (Phi) is 3.19. The number of furan rings is 1. The van der Waals surface area contributed by atoms with E-state index in [1.807, 2.05) is 13.0 Å². The Morgan fingerprint density at radius 1 is 1.47 bits per heavy atom. The van der Waals surface area contributed by atoms with Crippen molar-refractivity contribution < 1.29 is 9.21 Å². The lowest BCUT2D eigenvalue weighted by Gasteiger charge is -2.10. The summed E-state index contributed by atoms with van der Waals surface area (Å²) >= 11 is 3.37. The van der Waals surface area contributed by atoms with Crippen LogP contribution in [0.1, 0.15) is 15.9 Å². The first-order valence-corrected chi connectivity index (χ1v) is 5.76. The van der Waals surface area contributed by atoms with Crippen LogP contribution in [0.25, 0.3) is 0 Å². The van der Waals surface area contributed by atoms with E-state index in [2.05, 4.69) is 21.2 Å². The summed E-state index contributed by atoms with van der Waals surface area (Å²) in [5, 5.41) is 2.74. The first-order chi connectivity index (χ1) is 8.08. The molecule has 2 rings (SSSR count). The first kappa shape index (κ1) is 11.7. The first-order valence-electron chi connectivity index (χ1n) is 4.97. The van der Waals surface area contributed by atoms with Crippen LogP contribution in [0.2, 0.25) is 0 Å².